The van der Waals surface area contributed by atoms with Crippen LogP contribution in [-0.4, -0.2) is 29.0 Å². The SMILES string of the molecule is COc1cccc(-c2c(C)c(Cc3ccccc3F)c3n(c2=O)C(CNc2ccncc2)CS3)c1F. The fourth-order valence-corrected chi connectivity index (χ4v) is 6.03. The van der Waals surface area contributed by atoms with Crippen LogP contribution in [0.1, 0.15) is 22.7 Å². The van der Waals surface area contributed by atoms with E-state index in [4.69, 9.17) is 4.74 Å². The molecule has 36 heavy (non-hydrogen) atoms. The van der Waals surface area contributed by atoms with Gasteiger partial charge in [0, 0.05) is 42.4 Å². The van der Waals surface area contributed by atoms with Crippen molar-refractivity contribution in [3.05, 3.63) is 106 Å². The van der Waals surface area contributed by atoms with Crippen LogP contribution in [0.25, 0.3) is 11.1 Å². The van der Waals surface area contributed by atoms with Gasteiger partial charge in [-0.15, -0.1) is 11.8 Å². The Labute approximate surface area is 212 Å². The van der Waals surface area contributed by atoms with E-state index in [9.17, 15) is 9.18 Å². The van der Waals surface area contributed by atoms with Crippen LogP contribution in [0.2, 0.25) is 0 Å². The van der Waals surface area contributed by atoms with E-state index in [1.165, 1.54) is 19.2 Å². The van der Waals surface area contributed by atoms with Gasteiger partial charge in [0.1, 0.15) is 5.82 Å². The topological polar surface area (TPSA) is 56.1 Å². The van der Waals surface area contributed by atoms with Crippen LogP contribution in [0, 0.1) is 18.6 Å². The molecule has 1 aliphatic rings. The molecule has 0 bridgehead atoms. The van der Waals surface area contributed by atoms with Gasteiger partial charge in [0.2, 0.25) is 0 Å². The van der Waals surface area contributed by atoms with Crippen molar-refractivity contribution in [2.75, 3.05) is 24.7 Å². The highest BCUT2D eigenvalue weighted by molar-refractivity contribution is 7.99. The zero-order valence-corrected chi connectivity index (χ0v) is 20.7. The van der Waals surface area contributed by atoms with Crippen LogP contribution in [0.3, 0.4) is 0 Å². The van der Waals surface area contributed by atoms with Crippen molar-refractivity contribution in [3.63, 3.8) is 0 Å². The number of methoxy groups -OCH3 is 1. The van der Waals surface area contributed by atoms with E-state index in [1.54, 1.807) is 59.1 Å². The Morgan fingerprint density at radius 1 is 1.11 bits per heavy atom. The lowest BCUT2D eigenvalue weighted by Gasteiger charge is -2.21. The van der Waals surface area contributed by atoms with E-state index in [1.807, 2.05) is 19.1 Å². The van der Waals surface area contributed by atoms with Gasteiger partial charge in [0.15, 0.2) is 11.6 Å². The van der Waals surface area contributed by atoms with Gasteiger partial charge in [-0.05, 0) is 47.9 Å². The summed E-state index contributed by atoms with van der Waals surface area (Å²) in [6.45, 7) is 2.32. The number of nitrogens with one attached hydrogen (secondary N) is 1. The maximum absolute atomic E-state index is 15.4. The summed E-state index contributed by atoms with van der Waals surface area (Å²) in [6, 6.07) is 15.0. The van der Waals surface area contributed by atoms with Crippen LogP contribution >= 0.6 is 11.8 Å². The highest BCUT2D eigenvalue weighted by atomic mass is 32.2. The van der Waals surface area contributed by atoms with E-state index in [-0.39, 0.29) is 34.3 Å². The molecule has 0 radical (unpaired) electrons. The molecule has 0 spiro atoms. The summed E-state index contributed by atoms with van der Waals surface area (Å²) in [5, 5.41) is 4.17. The third kappa shape index (κ3) is 4.37. The van der Waals surface area contributed by atoms with Crippen molar-refractivity contribution >= 4 is 17.4 Å². The first-order valence-electron chi connectivity index (χ1n) is 11.6. The lowest BCUT2D eigenvalue weighted by atomic mass is 9.94. The number of aromatic nitrogens is 2. The molecule has 184 valence electrons. The van der Waals surface area contributed by atoms with Crippen molar-refractivity contribution in [3.8, 4) is 16.9 Å². The summed E-state index contributed by atoms with van der Waals surface area (Å²) in [4.78, 5) is 18.0. The van der Waals surface area contributed by atoms with Crippen molar-refractivity contribution in [1.82, 2.24) is 9.55 Å². The maximum Gasteiger partial charge on any atom is 0.260 e. The fraction of sp³-hybridized carbons (Fsp3) is 0.214. The molecule has 0 fully saturated rings. The van der Waals surface area contributed by atoms with Crippen LogP contribution in [0.15, 0.2) is 76.8 Å². The Morgan fingerprint density at radius 2 is 1.89 bits per heavy atom. The highest BCUT2D eigenvalue weighted by Gasteiger charge is 2.31. The van der Waals surface area contributed by atoms with E-state index in [0.29, 0.717) is 29.8 Å². The number of fused-ring (bicyclic) bond motifs is 1. The molecule has 5 nitrogen and oxygen atoms in total. The number of rotatable bonds is 7. The number of hydrogen-bond donors (Lipinski definition) is 1. The summed E-state index contributed by atoms with van der Waals surface area (Å²) in [5.41, 5.74) is 3.09. The molecule has 2 aromatic heterocycles. The second-order valence-corrected chi connectivity index (χ2v) is 9.64. The molecule has 1 N–H and O–H groups in total. The van der Waals surface area contributed by atoms with Gasteiger partial charge >= 0.3 is 0 Å². The standard InChI is InChI=1S/C28H25F2N3O2S/c1-17-22(14-18-6-3-4-8-23(18)29)28-33(20(16-36-28)15-32-19-10-12-31-13-11-19)27(34)25(17)21-7-5-9-24(35-2)26(21)30/h3-13,20H,14-16H2,1-2H3,(H,31,32). The Balaban J connectivity index is 1.67. The van der Waals surface area contributed by atoms with Gasteiger partial charge < -0.3 is 10.1 Å². The number of ether oxygens (including phenoxy) is 1. The largest absolute Gasteiger partial charge is 0.494 e. The zero-order valence-electron chi connectivity index (χ0n) is 19.9. The Hall–Kier alpha value is -3.65. The van der Waals surface area contributed by atoms with Gasteiger partial charge in [-0.2, -0.15) is 0 Å². The molecule has 5 rings (SSSR count). The minimum atomic E-state index is -0.588. The molecule has 0 amide bonds. The van der Waals surface area contributed by atoms with Crippen LogP contribution in [-0.2, 0) is 6.42 Å². The predicted octanol–water partition coefficient (Wildman–Crippen LogP) is 5.86. The van der Waals surface area contributed by atoms with Crippen molar-refractivity contribution in [1.29, 1.82) is 0 Å². The average Bonchev–Trinajstić information content (AvgIpc) is 3.32. The molecular formula is C28H25F2N3O2S. The number of thioether (sulfide) groups is 1. The summed E-state index contributed by atoms with van der Waals surface area (Å²) in [5.74, 6) is -0.163. The summed E-state index contributed by atoms with van der Waals surface area (Å²) < 4.78 is 37.0. The minimum absolute atomic E-state index is 0.0673. The van der Waals surface area contributed by atoms with Gasteiger partial charge in [-0.25, -0.2) is 8.78 Å². The molecule has 1 aliphatic heterocycles. The first-order valence-corrected chi connectivity index (χ1v) is 12.6. The number of hydrogen-bond acceptors (Lipinski definition) is 5. The van der Waals surface area contributed by atoms with Crippen LogP contribution in [0.5, 0.6) is 5.75 Å². The van der Waals surface area contributed by atoms with E-state index >= 15 is 4.39 Å². The second-order valence-electron chi connectivity index (χ2n) is 8.63. The van der Waals surface area contributed by atoms with Gasteiger partial charge in [0.25, 0.3) is 5.56 Å². The van der Waals surface area contributed by atoms with Crippen molar-refractivity contribution < 1.29 is 13.5 Å². The predicted molar refractivity (Wildman–Crippen MR) is 139 cm³/mol. The van der Waals surface area contributed by atoms with Gasteiger partial charge in [0.05, 0.1) is 23.7 Å². The first kappa shape index (κ1) is 24.1. The van der Waals surface area contributed by atoms with E-state index in [2.05, 4.69) is 10.3 Å². The third-order valence-electron chi connectivity index (χ3n) is 6.51. The molecule has 0 saturated carbocycles. The molecule has 2 aromatic carbocycles. The molecule has 0 saturated heterocycles. The monoisotopic (exact) mass is 505 g/mol. The highest BCUT2D eigenvalue weighted by Crippen LogP contribution is 2.40. The van der Waals surface area contributed by atoms with Crippen LogP contribution in [0.4, 0.5) is 14.5 Å². The van der Waals surface area contributed by atoms with Crippen LogP contribution < -0.4 is 15.6 Å². The Bertz CT molecular complexity index is 1470. The van der Waals surface area contributed by atoms with E-state index < -0.39 is 5.82 Å². The Morgan fingerprint density at radius 3 is 2.64 bits per heavy atom. The molecule has 1 unspecified atom stereocenters. The number of anilines is 1. The smallest absolute Gasteiger partial charge is 0.260 e. The molecule has 4 aromatic rings. The summed E-state index contributed by atoms with van der Waals surface area (Å²) in [6.07, 6.45) is 3.70. The molecule has 3 heterocycles. The van der Waals surface area contributed by atoms with Gasteiger partial charge in [-0.1, -0.05) is 30.3 Å². The molecular weight excluding hydrogens is 480 g/mol. The summed E-state index contributed by atoms with van der Waals surface area (Å²) in [7, 11) is 1.39. The van der Waals surface area contributed by atoms with Crippen molar-refractivity contribution in [2.45, 2.75) is 24.4 Å². The first-order chi connectivity index (χ1) is 17.5. The molecule has 1 atom stereocenters. The summed E-state index contributed by atoms with van der Waals surface area (Å²) >= 11 is 1.58. The normalized spacial score (nSPS) is 14.5. The lowest BCUT2D eigenvalue weighted by molar-refractivity contribution is 0.387. The average molecular weight is 506 g/mol. The number of pyridine rings is 2. The fourth-order valence-electron chi connectivity index (χ4n) is 4.64. The number of benzene rings is 2. The lowest BCUT2D eigenvalue weighted by Crippen LogP contribution is -2.31. The maximum atomic E-state index is 15.4. The molecule has 8 heteroatoms. The number of halogens is 2. The van der Waals surface area contributed by atoms with Crippen molar-refractivity contribution in [2.24, 2.45) is 0 Å². The second kappa shape index (κ2) is 10.1. The number of nitrogens with zero attached hydrogens (tertiary/aromatic N) is 2. The third-order valence-corrected chi connectivity index (χ3v) is 7.78. The Kier molecular flexibility index (Phi) is 6.78. The zero-order chi connectivity index (χ0) is 25.2. The molecule has 0 aliphatic carbocycles. The minimum Gasteiger partial charge on any atom is -0.494 e. The van der Waals surface area contributed by atoms with E-state index in [0.717, 1.165) is 16.3 Å². The quantitative estimate of drug-likeness (QED) is 0.341. The van der Waals surface area contributed by atoms with Gasteiger partial charge in [-0.3, -0.25) is 14.3 Å².